The number of nitrogens with two attached hydrogens (primary N) is 2. The van der Waals surface area contributed by atoms with Crippen molar-refractivity contribution in [2.45, 2.75) is 0 Å². The summed E-state index contributed by atoms with van der Waals surface area (Å²) >= 11 is 5.86. The molecule has 0 saturated carbocycles. The third-order valence-corrected chi connectivity index (χ3v) is 3.10. The van der Waals surface area contributed by atoms with Gasteiger partial charge < -0.3 is 16.2 Å². The average Bonchev–Trinajstić information content (AvgIpc) is 2.40. The van der Waals surface area contributed by atoms with Crippen molar-refractivity contribution in [3.63, 3.8) is 0 Å². The first kappa shape index (κ1) is 15.0. The Hall–Kier alpha value is -2.41. The van der Waals surface area contributed by atoms with Crippen molar-refractivity contribution in [1.82, 2.24) is 4.98 Å². The van der Waals surface area contributed by atoms with Crippen molar-refractivity contribution < 1.29 is 18.3 Å². The first-order valence-electron chi connectivity index (χ1n) is 5.64. The summed E-state index contributed by atoms with van der Waals surface area (Å²) in [5.74, 6) is -2.60. The largest absolute Gasteiger partial charge is 0.464 e. The number of ether oxygens (including phenoxy) is 1. The van der Waals surface area contributed by atoms with Gasteiger partial charge in [0.05, 0.1) is 29.1 Å². The van der Waals surface area contributed by atoms with E-state index in [4.69, 9.17) is 23.1 Å². The Morgan fingerprint density at radius 2 is 1.90 bits per heavy atom. The van der Waals surface area contributed by atoms with E-state index in [2.05, 4.69) is 9.72 Å². The normalized spacial score (nSPS) is 10.5. The fourth-order valence-electron chi connectivity index (χ4n) is 1.77. The lowest BCUT2D eigenvalue weighted by Gasteiger charge is -2.11. The molecule has 1 aromatic carbocycles. The zero-order valence-corrected chi connectivity index (χ0v) is 11.5. The van der Waals surface area contributed by atoms with Crippen molar-refractivity contribution in [2.24, 2.45) is 0 Å². The highest BCUT2D eigenvalue weighted by Gasteiger charge is 2.20. The number of anilines is 2. The van der Waals surface area contributed by atoms with Crippen LogP contribution >= 0.6 is 11.6 Å². The van der Waals surface area contributed by atoms with E-state index in [-0.39, 0.29) is 33.3 Å². The third-order valence-electron chi connectivity index (χ3n) is 2.71. The second-order valence-corrected chi connectivity index (χ2v) is 4.48. The number of pyridine rings is 1. The summed E-state index contributed by atoms with van der Waals surface area (Å²) in [4.78, 5) is 15.5. The Balaban J connectivity index is 2.71. The van der Waals surface area contributed by atoms with E-state index in [0.29, 0.717) is 6.07 Å². The SMILES string of the molecule is COC(=O)c1nc(-c2c(N)cc(F)cc2F)cc(N)c1Cl. The van der Waals surface area contributed by atoms with Crippen LogP contribution in [0.25, 0.3) is 11.3 Å². The number of benzene rings is 1. The summed E-state index contributed by atoms with van der Waals surface area (Å²) in [6.45, 7) is 0. The molecule has 0 unspecified atom stereocenters. The van der Waals surface area contributed by atoms with Gasteiger partial charge in [-0.2, -0.15) is 0 Å². The highest BCUT2D eigenvalue weighted by molar-refractivity contribution is 6.35. The minimum Gasteiger partial charge on any atom is -0.464 e. The molecule has 0 bridgehead atoms. The van der Waals surface area contributed by atoms with E-state index in [1.807, 2.05) is 0 Å². The lowest BCUT2D eigenvalue weighted by molar-refractivity contribution is 0.0594. The molecule has 0 spiro atoms. The van der Waals surface area contributed by atoms with Gasteiger partial charge in [-0.25, -0.2) is 18.6 Å². The monoisotopic (exact) mass is 313 g/mol. The maximum atomic E-state index is 13.9. The van der Waals surface area contributed by atoms with E-state index in [9.17, 15) is 13.6 Å². The summed E-state index contributed by atoms with van der Waals surface area (Å²) in [6.07, 6.45) is 0. The van der Waals surface area contributed by atoms with Crippen LogP contribution in [-0.2, 0) is 4.74 Å². The third kappa shape index (κ3) is 2.73. The summed E-state index contributed by atoms with van der Waals surface area (Å²) in [7, 11) is 1.13. The van der Waals surface area contributed by atoms with Gasteiger partial charge in [-0.05, 0) is 12.1 Å². The predicted molar refractivity (Wildman–Crippen MR) is 74.8 cm³/mol. The molecule has 0 radical (unpaired) electrons. The van der Waals surface area contributed by atoms with Crippen molar-refractivity contribution in [2.75, 3.05) is 18.6 Å². The van der Waals surface area contributed by atoms with Gasteiger partial charge in [0.1, 0.15) is 11.6 Å². The quantitative estimate of drug-likeness (QED) is 0.657. The number of aromatic nitrogens is 1. The molecule has 5 nitrogen and oxygen atoms in total. The van der Waals surface area contributed by atoms with Gasteiger partial charge in [0.2, 0.25) is 0 Å². The first-order valence-corrected chi connectivity index (χ1v) is 6.02. The first-order chi connectivity index (χ1) is 9.85. The molecule has 2 rings (SSSR count). The maximum absolute atomic E-state index is 13.9. The topological polar surface area (TPSA) is 91.2 Å². The molecule has 0 amide bonds. The minimum atomic E-state index is -0.933. The average molecular weight is 314 g/mol. The molecular weight excluding hydrogens is 304 g/mol. The molecule has 21 heavy (non-hydrogen) atoms. The number of methoxy groups -OCH3 is 1. The molecule has 0 fully saturated rings. The number of halogens is 3. The number of carbonyl (C=O) groups is 1. The lowest BCUT2D eigenvalue weighted by atomic mass is 10.1. The van der Waals surface area contributed by atoms with Crippen LogP contribution in [0.3, 0.4) is 0 Å². The number of hydrogen-bond acceptors (Lipinski definition) is 5. The Morgan fingerprint density at radius 3 is 2.48 bits per heavy atom. The Kier molecular flexibility index (Phi) is 3.95. The molecule has 0 aliphatic carbocycles. The van der Waals surface area contributed by atoms with Crippen LogP contribution in [0.5, 0.6) is 0 Å². The number of carbonyl (C=O) groups excluding carboxylic acids is 1. The molecule has 0 aliphatic heterocycles. The smallest absolute Gasteiger partial charge is 0.358 e. The van der Waals surface area contributed by atoms with Gasteiger partial charge in [-0.15, -0.1) is 0 Å². The van der Waals surface area contributed by atoms with Crippen molar-refractivity contribution in [3.8, 4) is 11.3 Å². The fraction of sp³-hybridized carbons (Fsp3) is 0.0769. The summed E-state index contributed by atoms with van der Waals surface area (Å²) < 4.78 is 31.5. The second kappa shape index (κ2) is 5.53. The molecule has 1 heterocycles. The van der Waals surface area contributed by atoms with Gasteiger partial charge in [-0.1, -0.05) is 11.6 Å². The van der Waals surface area contributed by atoms with Crippen LogP contribution in [0.2, 0.25) is 5.02 Å². The molecule has 0 saturated heterocycles. The van der Waals surface area contributed by atoms with E-state index in [1.54, 1.807) is 0 Å². The van der Waals surface area contributed by atoms with Gasteiger partial charge in [0.25, 0.3) is 0 Å². The van der Waals surface area contributed by atoms with E-state index in [0.717, 1.165) is 13.2 Å². The van der Waals surface area contributed by atoms with Crippen LogP contribution in [0.1, 0.15) is 10.5 Å². The van der Waals surface area contributed by atoms with Gasteiger partial charge in [-0.3, -0.25) is 0 Å². The molecule has 0 atom stereocenters. The van der Waals surface area contributed by atoms with E-state index < -0.39 is 17.6 Å². The van der Waals surface area contributed by atoms with Crippen LogP contribution in [0, 0.1) is 11.6 Å². The Labute approximate surface area is 123 Å². The van der Waals surface area contributed by atoms with Gasteiger partial charge in [0.15, 0.2) is 5.69 Å². The number of nitrogens with zero attached hydrogens (tertiary/aromatic N) is 1. The van der Waals surface area contributed by atoms with Gasteiger partial charge in [0, 0.05) is 11.8 Å². The van der Waals surface area contributed by atoms with Gasteiger partial charge >= 0.3 is 5.97 Å². The number of hydrogen-bond donors (Lipinski definition) is 2. The van der Waals surface area contributed by atoms with Crippen LogP contribution < -0.4 is 11.5 Å². The molecule has 0 aliphatic rings. The maximum Gasteiger partial charge on any atom is 0.358 e. The zero-order valence-electron chi connectivity index (χ0n) is 10.8. The molecule has 110 valence electrons. The number of esters is 1. The van der Waals surface area contributed by atoms with Crippen LogP contribution in [0.4, 0.5) is 20.2 Å². The molecular formula is C13H10ClF2N3O2. The Morgan fingerprint density at radius 1 is 1.24 bits per heavy atom. The minimum absolute atomic E-state index is 0.00908. The Bertz CT molecular complexity index is 715. The van der Waals surface area contributed by atoms with Crippen LogP contribution in [0.15, 0.2) is 18.2 Å². The van der Waals surface area contributed by atoms with E-state index in [1.165, 1.54) is 6.07 Å². The van der Waals surface area contributed by atoms with E-state index >= 15 is 0 Å². The van der Waals surface area contributed by atoms with Crippen molar-refractivity contribution in [3.05, 3.63) is 40.6 Å². The standard InChI is InChI=1S/C13H10ClF2N3O2/c1-21-13(20)12-11(14)8(18)4-9(19-12)10-6(16)2-5(15)3-7(10)17/h2-4H,17H2,1H3,(H2,18,19). The molecule has 8 heteroatoms. The summed E-state index contributed by atoms with van der Waals surface area (Å²) in [5.41, 5.74) is 10.6. The number of nitrogen functional groups attached to an aromatic ring is 2. The second-order valence-electron chi connectivity index (χ2n) is 4.10. The summed E-state index contributed by atoms with van der Waals surface area (Å²) in [6, 6.07) is 2.82. The summed E-state index contributed by atoms with van der Waals surface area (Å²) in [5, 5.41) is -0.119. The van der Waals surface area contributed by atoms with Crippen molar-refractivity contribution in [1.29, 1.82) is 0 Å². The predicted octanol–water partition coefficient (Wildman–Crippen LogP) is 2.63. The fourth-order valence-corrected chi connectivity index (χ4v) is 1.95. The lowest BCUT2D eigenvalue weighted by Crippen LogP contribution is -2.09. The molecule has 4 N–H and O–H groups in total. The highest BCUT2D eigenvalue weighted by atomic mass is 35.5. The number of rotatable bonds is 2. The molecule has 2 aromatic rings. The van der Waals surface area contributed by atoms with Crippen molar-refractivity contribution >= 4 is 28.9 Å². The molecule has 1 aromatic heterocycles. The highest BCUT2D eigenvalue weighted by Crippen LogP contribution is 2.33. The van der Waals surface area contributed by atoms with Crippen LogP contribution in [-0.4, -0.2) is 18.1 Å². The zero-order chi connectivity index (χ0) is 15.7.